The zero-order valence-corrected chi connectivity index (χ0v) is 15.5. The summed E-state index contributed by atoms with van der Waals surface area (Å²) in [6.45, 7) is 9.19. The first kappa shape index (κ1) is 18.9. The number of nitrogens with zero attached hydrogens (tertiary/aromatic N) is 2. The molecule has 1 heterocycles. The first-order chi connectivity index (χ1) is 11.4. The van der Waals surface area contributed by atoms with Gasteiger partial charge in [0.25, 0.3) is 0 Å². The summed E-state index contributed by atoms with van der Waals surface area (Å²) in [5.41, 5.74) is 2.01. The van der Waals surface area contributed by atoms with Crippen molar-refractivity contribution < 1.29 is 13.2 Å². The summed E-state index contributed by atoms with van der Waals surface area (Å²) in [4.78, 5) is 14.3. The molecule has 1 fully saturated rings. The Bertz CT molecular complexity index is 682. The first-order valence-corrected chi connectivity index (χ1v) is 9.86. The molecule has 0 bridgehead atoms. The molecular formula is C17H27N3O3S. The SMILES string of the molecule is CCN(CCC(=O)N1CCNCC1)S(=O)(=O)c1ccc(C)c(C)c1. The first-order valence-electron chi connectivity index (χ1n) is 8.42. The van der Waals surface area contributed by atoms with Gasteiger partial charge in [-0.25, -0.2) is 8.42 Å². The van der Waals surface area contributed by atoms with Crippen LogP contribution in [0.15, 0.2) is 23.1 Å². The van der Waals surface area contributed by atoms with Gasteiger partial charge in [-0.15, -0.1) is 0 Å². The molecule has 0 spiro atoms. The fourth-order valence-corrected chi connectivity index (χ4v) is 4.30. The van der Waals surface area contributed by atoms with Crippen molar-refractivity contribution in [1.82, 2.24) is 14.5 Å². The van der Waals surface area contributed by atoms with E-state index in [0.29, 0.717) is 24.5 Å². The summed E-state index contributed by atoms with van der Waals surface area (Å²) in [5, 5.41) is 3.20. The van der Waals surface area contributed by atoms with Gasteiger partial charge in [0.05, 0.1) is 4.90 Å². The van der Waals surface area contributed by atoms with E-state index in [4.69, 9.17) is 0 Å². The van der Waals surface area contributed by atoms with Gasteiger partial charge in [-0.2, -0.15) is 4.31 Å². The average Bonchev–Trinajstić information content (AvgIpc) is 2.58. The maximum Gasteiger partial charge on any atom is 0.243 e. The fraction of sp³-hybridized carbons (Fsp3) is 0.588. The number of aryl methyl sites for hydroxylation is 2. The number of nitrogens with one attached hydrogen (secondary N) is 1. The van der Waals surface area contributed by atoms with Gasteiger partial charge in [0.2, 0.25) is 15.9 Å². The van der Waals surface area contributed by atoms with Crippen LogP contribution in [-0.2, 0) is 14.8 Å². The second kappa shape index (κ2) is 8.09. The van der Waals surface area contributed by atoms with Crippen LogP contribution in [-0.4, -0.2) is 62.8 Å². The van der Waals surface area contributed by atoms with E-state index >= 15 is 0 Å². The lowest BCUT2D eigenvalue weighted by molar-refractivity contribution is -0.131. The van der Waals surface area contributed by atoms with Gasteiger partial charge in [0, 0.05) is 45.7 Å². The Hall–Kier alpha value is -1.44. The minimum absolute atomic E-state index is 0.0187. The molecule has 1 aromatic carbocycles. The summed E-state index contributed by atoms with van der Waals surface area (Å²) in [6.07, 6.45) is 0.220. The molecule has 1 aliphatic rings. The number of carbonyl (C=O) groups excluding carboxylic acids is 1. The molecule has 1 aromatic rings. The van der Waals surface area contributed by atoms with E-state index < -0.39 is 10.0 Å². The number of amides is 1. The Morgan fingerprint density at radius 3 is 2.46 bits per heavy atom. The number of piperazine rings is 1. The van der Waals surface area contributed by atoms with E-state index in [9.17, 15) is 13.2 Å². The Balaban J connectivity index is 2.06. The quantitative estimate of drug-likeness (QED) is 0.832. The zero-order chi connectivity index (χ0) is 17.7. The van der Waals surface area contributed by atoms with Crippen LogP contribution in [0, 0.1) is 13.8 Å². The maximum atomic E-state index is 12.8. The van der Waals surface area contributed by atoms with Crippen molar-refractivity contribution >= 4 is 15.9 Å². The fourth-order valence-electron chi connectivity index (χ4n) is 2.76. The molecule has 0 aromatic heterocycles. The monoisotopic (exact) mass is 353 g/mol. The normalized spacial score (nSPS) is 15.8. The van der Waals surface area contributed by atoms with Crippen LogP contribution < -0.4 is 5.32 Å². The van der Waals surface area contributed by atoms with Crippen molar-refractivity contribution in [3.05, 3.63) is 29.3 Å². The summed E-state index contributed by atoms with van der Waals surface area (Å²) in [5.74, 6) is 0.0187. The Morgan fingerprint density at radius 2 is 1.88 bits per heavy atom. The third-order valence-corrected chi connectivity index (χ3v) is 6.48. The van der Waals surface area contributed by atoms with E-state index in [1.54, 1.807) is 24.0 Å². The number of hydrogen-bond donors (Lipinski definition) is 1. The summed E-state index contributed by atoms with van der Waals surface area (Å²) in [7, 11) is -3.57. The van der Waals surface area contributed by atoms with Gasteiger partial charge in [-0.1, -0.05) is 13.0 Å². The maximum absolute atomic E-state index is 12.8. The van der Waals surface area contributed by atoms with E-state index in [0.717, 1.165) is 24.2 Å². The molecule has 0 unspecified atom stereocenters. The number of carbonyl (C=O) groups is 1. The van der Waals surface area contributed by atoms with Crippen molar-refractivity contribution in [2.75, 3.05) is 39.3 Å². The van der Waals surface area contributed by atoms with E-state index in [-0.39, 0.29) is 18.9 Å². The molecule has 7 heteroatoms. The molecule has 1 aliphatic heterocycles. The molecular weight excluding hydrogens is 326 g/mol. The van der Waals surface area contributed by atoms with E-state index in [1.165, 1.54) is 4.31 Å². The Labute approximate surface area is 144 Å². The lowest BCUT2D eigenvalue weighted by atomic mass is 10.1. The predicted molar refractivity (Wildman–Crippen MR) is 94.4 cm³/mol. The van der Waals surface area contributed by atoms with E-state index in [2.05, 4.69) is 5.32 Å². The highest BCUT2D eigenvalue weighted by molar-refractivity contribution is 7.89. The lowest BCUT2D eigenvalue weighted by Crippen LogP contribution is -2.47. The van der Waals surface area contributed by atoms with Crippen molar-refractivity contribution in [1.29, 1.82) is 0 Å². The number of hydrogen-bond acceptors (Lipinski definition) is 4. The molecule has 0 saturated carbocycles. The highest BCUT2D eigenvalue weighted by Gasteiger charge is 2.25. The zero-order valence-electron chi connectivity index (χ0n) is 14.7. The van der Waals surface area contributed by atoms with Crippen LogP contribution in [0.3, 0.4) is 0 Å². The van der Waals surface area contributed by atoms with Crippen LogP contribution in [0.25, 0.3) is 0 Å². The summed E-state index contributed by atoms with van der Waals surface area (Å²) < 4.78 is 27.0. The predicted octanol–water partition coefficient (Wildman–Crippen LogP) is 1.14. The number of benzene rings is 1. The molecule has 1 amide bonds. The topological polar surface area (TPSA) is 69.7 Å². The van der Waals surface area contributed by atoms with Gasteiger partial charge in [-0.05, 0) is 37.1 Å². The van der Waals surface area contributed by atoms with Crippen molar-refractivity contribution in [2.24, 2.45) is 0 Å². The molecule has 2 rings (SSSR count). The van der Waals surface area contributed by atoms with Crippen molar-refractivity contribution in [3.8, 4) is 0 Å². The Morgan fingerprint density at radius 1 is 1.21 bits per heavy atom. The van der Waals surface area contributed by atoms with Crippen LogP contribution in [0.1, 0.15) is 24.5 Å². The van der Waals surface area contributed by atoms with Crippen LogP contribution in [0.4, 0.5) is 0 Å². The van der Waals surface area contributed by atoms with Gasteiger partial charge < -0.3 is 10.2 Å². The minimum atomic E-state index is -3.57. The third kappa shape index (κ3) is 4.34. The summed E-state index contributed by atoms with van der Waals surface area (Å²) >= 11 is 0. The molecule has 1 saturated heterocycles. The van der Waals surface area contributed by atoms with Gasteiger partial charge in [0.15, 0.2) is 0 Å². The molecule has 1 N–H and O–H groups in total. The molecule has 24 heavy (non-hydrogen) atoms. The lowest BCUT2D eigenvalue weighted by Gasteiger charge is -2.28. The largest absolute Gasteiger partial charge is 0.340 e. The van der Waals surface area contributed by atoms with Crippen LogP contribution in [0.5, 0.6) is 0 Å². The van der Waals surface area contributed by atoms with Crippen molar-refractivity contribution in [3.63, 3.8) is 0 Å². The molecule has 0 radical (unpaired) electrons. The van der Waals surface area contributed by atoms with Crippen LogP contribution >= 0.6 is 0 Å². The number of rotatable bonds is 6. The highest BCUT2D eigenvalue weighted by atomic mass is 32.2. The molecule has 6 nitrogen and oxygen atoms in total. The smallest absolute Gasteiger partial charge is 0.243 e. The van der Waals surface area contributed by atoms with E-state index in [1.807, 2.05) is 19.9 Å². The van der Waals surface area contributed by atoms with Crippen molar-refractivity contribution in [2.45, 2.75) is 32.1 Å². The van der Waals surface area contributed by atoms with Gasteiger partial charge in [0.1, 0.15) is 0 Å². The standard InChI is InChI=1S/C17H27N3O3S/c1-4-20(10-7-17(21)19-11-8-18-9-12-19)24(22,23)16-6-5-14(2)15(3)13-16/h5-6,13,18H,4,7-12H2,1-3H3. The molecule has 0 atom stereocenters. The summed E-state index contributed by atoms with van der Waals surface area (Å²) in [6, 6.07) is 5.16. The minimum Gasteiger partial charge on any atom is -0.340 e. The number of sulfonamides is 1. The highest BCUT2D eigenvalue weighted by Crippen LogP contribution is 2.19. The van der Waals surface area contributed by atoms with Gasteiger partial charge >= 0.3 is 0 Å². The molecule has 134 valence electrons. The Kier molecular flexibility index (Phi) is 6.37. The van der Waals surface area contributed by atoms with Crippen LogP contribution in [0.2, 0.25) is 0 Å². The second-order valence-electron chi connectivity index (χ2n) is 6.12. The third-order valence-electron chi connectivity index (χ3n) is 4.51. The molecule has 0 aliphatic carbocycles. The van der Waals surface area contributed by atoms with Gasteiger partial charge in [-0.3, -0.25) is 4.79 Å². The average molecular weight is 353 g/mol. The second-order valence-corrected chi connectivity index (χ2v) is 8.06.